The lowest BCUT2D eigenvalue weighted by atomic mass is 10.1. The molecule has 0 saturated carbocycles. The molecule has 0 aromatic carbocycles. The summed E-state index contributed by atoms with van der Waals surface area (Å²) in [7, 11) is 0. The van der Waals surface area contributed by atoms with Gasteiger partial charge in [0.05, 0.1) is 6.61 Å². The number of nitrogens with one attached hydrogen (secondary N) is 1. The van der Waals surface area contributed by atoms with Crippen LogP contribution in [0, 0.1) is 0 Å². The van der Waals surface area contributed by atoms with Gasteiger partial charge in [-0.25, -0.2) is 0 Å². The Bertz CT molecular complexity index is 300. The Balaban J connectivity index is 2.11. The third-order valence-corrected chi connectivity index (χ3v) is 3.88. The monoisotopic (exact) mass is 303 g/mol. The first-order chi connectivity index (χ1) is 10.1. The van der Waals surface area contributed by atoms with Gasteiger partial charge in [-0.05, 0) is 6.42 Å². The lowest BCUT2D eigenvalue weighted by molar-refractivity contribution is -0.136. The first-order valence-corrected chi connectivity index (χ1v) is 8.02. The topological polar surface area (TPSA) is 99.0 Å². The highest BCUT2D eigenvalue weighted by Crippen LogP contribution is 2.21. The second-order valence-electron chi connectivity index (χ2n) is 5.67. The Kier molecular flexibility index (Phi) is 8.84. The maximum atomic E-state index is 11.8. The fraction of sp³-hybridized carbons (Fsp3) is 0.933. The number of hydrogen-bond donors (Lipinski definition) is 4. The van der Waals surface area contributed by atoms with Crippen LogP contribution in [0.15, 0.2) is 0 Å². The Morgan fingerprint density at radius 1 is 1.05 bits per heavy atom. The van der Waals surface area contributed by atoms with Crippen molar-refractivity contribution >= 4 is 5.91 Å². The van der Waals surface area contributed by atoms with Gasteiger partial charge in [-0.2, -0.15) is 0 Å². The highest BCUT2D eigenvalue weighted by molar-refractivity contribution is 5.81. The van der Waals surface area contributed by atoms with Gasteiger partial charge in [-0.3, -0.25) is 4.79 Å². The van der Waals surface area contributed by atoms with Crippen molar-refractivity contribution in [3.05, 3.63) is 0 Å². The summed E-state index contributed by atoms with van der Waals surface area (Å²) in [6.07, 6.45) is 3.66. The fourth-order valence-electron chi connectivity index (χ4n) is 2.51. The van der Waals surface area contributed by atoms with E-state index >= 15 is 0 Å². The molecule has 6 heteroatoms. The molecule has 1 aliphatic heterocycles. The first kappa shape index (κ1) is 18.4. The number of ether oxygens (including phenoxy) is 1. The molecule has 0 aromatic rings. The lowest BCUT2D eigenvalue weighted by Crippen LogP contribution is -2.43. The number of carbonyl (C=O) groups is 1. The summed E-state index contributed by atoms with van der Waals surface area (Å²) in [5, 5.41) is 30.9. The molecule has 1 fully saturated rings. The van der Waals surface area contributed by atoms with Crippen molar-refractivity contribution in [2.45, 2.75) is 76.3 Å². The molecule has 124 valence electrons. The minimum absolute atomic E-state index is 0.417. The van der Waals surface area contributed by atoms with Crippen LogP contribution in [0.5, 0.6) is 0 Å². The molecule has 4 atom stereocenters. The predicted molar refractivity (Wildman–Crippen MR) is 78.8 cm³/mol. The van der Waals surface area contributed by atoms with E-state index in [9.17, 15) is 15.0 Å². The molecule has 1 rings (SSSR count). The van der Waals surface area contributed by atoms with Crippen molar-refractivity contribution < 1.29 is 24.9 Å². The normalized spacial score (nSPS) is 28.8. The van der Waals surface area contributed by atoms with Crippen molar-refractivity contribution in [2.75, 3.05) is 13.2 Å². The van der Waals surface area contributed by atoms with E-state index < -0.39 is 36.9 Å². The summed E-state index contributed by atoms with van der Waals surface area (Å²) >= 11 is 0. The SMILES string of the molecule is CCCCCCCCCNC(=O)[C@@H]1O[C@H](CO)[C@@H](O)[C@@H]1O. The molecule has 0 unspecified atom stereocenters. The molecule has 0 spiro atoms. The molecule has 0 aliphatic carbocycles. The first-order valence-electron chi connectivity index (χ1n) is 8.02. The Labute approximate surface area is 126 Å². The van der Waals surface area contributed by atoms with E-state index in [1.54, 1.807) is 0 Å². The van der Waals surface area contributed by atoms with Crippen molar-refractivity contribution in [3.8, 4) is 0 Å². The van der Waals surface area contributed by atoms with E-state index in [-0.39, 0.29) is 0 Å². The van der Waals surface area contributed by atoms with E-state index in [1.807, 2.05) is 0 Å². The van der Waals surface area contributed by atoms with Gasteiger partial charge >= 0.3 is 0 Å². The van der Waals surface area contributed by atoms with Crippen LogP contribution in [0.3, 0.4) is 0 Å². The smallest absolute Gasteiger partial charge is 0.251 e. The number of unbranched alkanes of at least 4 members (excludes halogenated alkanes) is 6. The summed E-state index contributed by atoms with van der Waals surface area (Å²) in [6, 6.07) is 0. The van der Waals surface area contributed by atoms with E-state index in [0.29, 0.717) is 6.54 Å². The van der Waals surface area contributed by atoms with Crippen molar-refractivity contribution in [2.24, 2.45) is 0 Å². The molecule has 1 amide bonds. The van der Waals surface area contributed by atoms with Gasteiger partial charge in [0.15, 0.2) is 6.10 Å². The maximum absolute atomic E-state index is 11.8. The van der Waals surface area contributed by atoms with E-state index in [0.717, 1.165) is 12.8 Å². The molecule has 1 aliphatic rings. The Hall–Kier alpha value is -0.690. The van der Waals surface area contributed by atoms with Gasteiger partial charge in [0.25, 0.3) is 5.91 Å². The van der Waals surface area contributed by atoms with E-state index in [4.69, 9.17) is 9.84 Å². The summed E-state index contributed by atoms with van der Waals surface area (Å²) in [5.74, 6) is -0.427. The van der Waals surface area contributed by atoms with E-state index in [2.05, 4.69) is 12.2 Å². The standard InChI is InChI=1S/C15H29NO5/c1-2-3-4-5-6-7-8-9-16-15(20)14-13(19)12(18)11(10-17)21-14/h11-14,17-19H,2-10H2,1H3,(H,16,20)/t11-,12-,13+,14-/m1/s1. The Morgan fingerprint density at radius 2 is 1.67 bits per heavy atom. The fourth-order valence-corrected chi connectivity index (χ4v) is 2.51. The van der Waals surface area contributed by atoms with Gasteiger partial charge in [0.2, 0.25) is 0 Å². The van der Waals surface area contributed by atoms with Crippen LogP contribution in [-0.4, -0.2) is 58.8 Å². The van der Waals surface area contributed by atoms with Crippen molar-refractivity contribution in [1.82, 2.24) is 5.32 Å². The van der Waals surface area contributed by atoms with Crippen LogP contribution in [0.2, 0.25) is 0 Å². The van der Waals surface area contributed by atoms with Crippen molar-refractivity contribution in [3.63, 3.8) is 0 Å². The number of rotatable bonds is 10. The van der Waals surface area contributed by atoms with Gasteiger partial charge < -0.3 is 25.4 Å². The molecule has 0 radical (unpaired) electrons. The second-order valence-corrected chi connectivity index (χ2v) is 5.67. The quantitative estimate of drug-likeness (QED) is 0.436. The lowest BCUT2D eigenvalue weighted by Gasteiger charge is -2.14. The molecular formula is C15H29NO5. The molecule has 1 heterocycles. The third-order valence-electron chi connectivity index (χ3n) is 3.88. The molecule has 0 aromatic heterocycles. The average molecular weight is 303 g/mol. The summed E-state index contributed by atoms with van der Waals surface area (Å²) in [5.41, 5.74) is 0. The summed E-state index contributed by atoms with van der Waals surface area (Å²) in [4.78, 5) is 11.8. The molecule has 21 heavy (non-hydrogen) atoms. The zero-order valence-electron chi connectivity index (χ0n) is 12.8. The molecule has 4 N–H and O–H groups in total. The maximum Gasteiger partial charge on any atom is 0.251 e. The third kappa shape index (κ3) is 5.90. The van der Waals surface area contributed by atoms with Crippen LogP contribution in [-0.2, 0) is 9.53 Å². The average Bonchev–Trinajstić information content (AvgIpc) is 2.77. The van der Waals surface area contributed by atoms with E-state index in [1.165, 1.54) is 32.1 Å². The number of hydrogen-bond acceptors (Lipinski definition) is 5. The van der Waals surface area contributed by atoms with Crippen LogP contribution in [0.1, 0.15) is 51.9 Å². The van der Waals surface area contributed by atoms with Gasteiger partial charge in [0.1, 0.15) is 18.3 Å². The number of amides is 1. The zero-order valence-corrected chi connectivity index (χ0v) is 12.8. The van der Waals surface area contributed by atoms with Crippen LogP contribution in [0.4, 0.5) is 0 Å². The van der Waals surface area contributed by atoms with Gasteiger partial charge in [-0.15, -0.1) is 0 Å². The van der Waals surface area contributed by atoms with Crippen LogP contribution >= 0.6 is 0 Å². The largest absolute Gasteiger partial charge is 0.394 e. The Morgan fingerprint density at radius 3 is 2.24 bits per heavy atom. The summed E-state index contributed by atoms with van der Waals surface area (Å²) < 4.78 is 5.16. The number of carbonyl (C=O) groups excluding carboxylic acids is 1. The zero-order chi connectivity index (χ0) is 15.7. The second kappa shape index (κ2) is 10.1. The number of aliphatic hydroxyl groups is 3. The predicted octanol–water partition coefficient (Wildman–Crippen LogP) is 0.335. The molecular weight excluding hydrogens is 274 g/mol. The highest BCUT2D eigenvalue weighted by atomic mass is 16.6. The van der Waals surface area contributed by atoms with Gasteiger partial charge in [0, 0.05) is 6.54 Å². The number of aliphatic hydroxyl groups excluding tert-OH is 3. The van der Waals surface area contributed by atoms with Crippen LogP contribution < -0.4 is 5.32 Å². The minimum Gasteiger partial charge on any atom is -0.394 e. The molecule has 1 saturated heterocycles. The molecule has 0 bridgehead atoms. The van der Waals surface area contributed by atoms with Crippen molar-refractivity contribution in [1.29, 1.82) is 0 Å². The highest BCUT2D eigenvalue weighted by Gasteiger charge is 2.45. The molecule has 6 nitrogen and oxygen atoms in total. The summed E-state index contributed by atoms with van der Waals surface area (Å²) in [6.45, 7) is 2.31. The van der Waals surface area contributed by atoms with Crippen LogP contribution in [0.25, 0.3) is 0 Å². The van der Waals surface area contributed by atoms with Gasteiger partial charge in [-0.1, -0.05) is 45.4 Å². The minimum atomic E-state index is -1.28.